The van der Waals surface area contributed by atoms with Crippen LogP contribution < -0.4 is 5.32 Å². The summed E-state index contributed by atoms with van der Waals surface area (Å²) < 4.78 is 16.4. The Kier molecular flexibility index (Phi) is 5.95. The number of methoxy groups -OCH3 is 1. The van der Waals surface area contributed by atoms with Crippen molar-refractivity contribution in [1.29, 1.82) is 0 Å². The van der Waals surface area contributed by atoms with Crippen LogP contribution in [0.15, 0.2) is 4.52 Å². The second-order valence-corrected chi connectivity index (χ2v) is 5.93. The first kappa shape index (κ1) is 18.4. The molecule has 8 nitrogen and oxygen atoms in total. The molecule has 0 bridgehead atoms. The van der Waals surface area contributed by atoms with Crippen molar-refractivity contribution in [2.75, 3.05) is 40.5 Å². The third-order valence-corrected chi connectivity index (χ3v) is 4.31. The van der Waals surface area contributed by atoms with Crippen molar-refractivity contribution < 1.29 is 23.6 Å². The van der Waals surface area contributed by atoms with Gasteiger partial charge in [-0.3, -0.25) is 9.59 Å². The average Bonchev–Trinajstić information content (AvgIpc) is 2.83. The Balaban J connectivity index is 2.26. The number of ether oxygens (including phenoxy) is 2. The van der Waals surface area contributed by atoms with E-state index in [-0.39, 0.29) is 31.4 Å². The molecule has 1 N–H and O–H groups in total. The Morgan fingerprint density at radius 1 is 1.46 bits per heavy atom. The second kappa shape index (κ2) is 7.76. The zero-order valence-corrected chi connectivity index (χ0v) is 14.7. The van der Waals surface area contributed by atoms with Crippen LogP contribution in [0, 0.1) is 6.92 Å². The maximum absolute atomic E-state index is 13.0. The molecule has 24 heavy (non-hydrogen) atoms. The van der Waals surface area contributed by atoms with E-state index >= 15 is 0 Å². The number of hydrogen-bond acceptors (Lipinski definition) is 6. The molecule has 0 saturated carbocycles. The number of carbonyl (C=O) groups excluding carboxylic acids is 2. The predicted octanol–water partition coefficient (Wildman–Crippen LogP) is 0.539. The van der Waals surface area contributed by atoms with Gasteiger partial charge in [0.15, 0.2) is 0 Å². The zero-order chi connectivity index (χ0) is 17.7. The van der Waals surface area contributed by atoms with Crippen LogP contribution >= 0.6 is 0 Å². The number of nitrogens with zero attached hydrogens (tertiary/aromatic N) is 2. The third kappa shape index (κ3) is 3.76. The van der Waals surface area contributed by atoms with E-state index in [1.165, 1.54) is 7.11 Å². The van der Waals surface area contributed by atoms with Crippen molar-refractivity contribution in [2.24, 2.45) is 0 Å². The van der Waals surface area contributed by atoms with E-state index in [1.54, 1.807) is 18.9 Å². The van der Waals surface area contributed by atoms with Crippen LogP contribution in [0.3, 0.4) is 0 Å². The Morgan fingerprint density at radius 2 is 2.21 bits per heavy atom. The Hall–Kier alpha value is -1.93. The summed E-state index contributed by atoms with van der Waals surface area (Å²) in [4.78, 5) is 26.5. The van der Waals surface area contributed by atoms with Crippen LogP contribution in [-0.4, -0.2) is 67.9 Å². The molecule has 8 heteroatoms. The summed E-state index contributed by atoms with van der Waals surface area (Å²) >= 11 is 0. The first-order valence-corrected chi connectivity index (χ1v) is 8.04. The normalized spacial score (nSPS) is 21.4. The van der Waals surface area contributed by atoms with Gasteiger partial charge in [0.25, 0.3) is 5.91 Å². The van der Waals surface area contributed by atoms with Gasteiger partial charge in [-0.05, 0) is 13.3 Å². The quantitative estimate of drug-likeness (QED) is 0.841. The highest BCUT2D eigenvalue weighted by atomic mass is 16.5. The molecule has 1 saturated heterocycles. The molecule has 1 fully saturated rings. The molecular weight excluding hydrogens is 314 g/mol. The molecule has 1 aromatic rings. The van der Waals surface area contributed by atoms with Crippen LogP contribution in [0.25, 0.3) is 0 Å². The molecule has 1 aromatic heterocycles. The molecule has 2 rings (SSSR count). The van der Waals surface area contributed by atoms with Gasteiger partial charge in [-0.15, -0.1) is 0 Å². The number of nitrogens with one attached hydrogen (secondary N) is 1. The number of aromatic nitrogens is 1. The van der Waals surface area contributed by atoms with Gasteiger partial charge in [-0.1, -0.05) is 12.1 Å². The van der Waals surface area contributed by atoms with Crippen molar-refractivity contribution in [3.8, 4) is 0 Å². The van der Waals surface area contributed by atoms with E-state index in [2.05, 4.69) is 10.5 Å². The van der Waals surface area contributed by atoms with Gasteiger partial charge in [0.05, 0.1) is 31.9 Å². The summed E-state index contributed by atoms with van der Waals surface area (Å²) in [5.41, 5.74) is 0.255. The largest absolute Gasteiger partial charge is 0.377 e. The van der Waals surface area contributed by atoms with E-state index in [4.69, 9.17) is 14.0 Å². The Bertz CT molecular complexity index is 601. The van der Waals surface area contributed by atoms with Crippen molar-refractivity contribution in [3.63, 3.8) is 0 Å². The van der Waals surface area contributed by atoms with Crippen molar-refractivity contribution >= 4 is 11.8 Å². The van der Waals surface area contributed by atoms with E-state index < -0.39 is 5.60 Å². The molecule has 1 atom stereocenters. The lowest BCUT2D eigenvalue weighted by Gasteiger charge is -2.33. The fourth-order valence-electron chi connectivity index (χ4n) is 2.85. The van der Waals surface area contributed by atoms with Crippen LogP contribution in [0.1, 0.15) is 35.2 Å². The molecule has 0 spiro atoms. The van der Waals surface area contributed by atoms with Crippen LogP contribution in [0.2, 0.25) is 0 Å². The van der Waals surface area contributed by atoms with Gasteiger partial charge in [-0.25, -0.2) is 0 Å². The summed E-state index contributed by atoms with van der Waals surface area (Å²) in [6.07, 6.45) is 0.726. The summed E-state index contributed by atoms with van der Waals surface area (Å²) in [5.74, 6) is 0.163. The summed E-state index contributed by atoms with van der Waals surface area (Å²) in [6.45, 7) is 4.97. The fraction of sp³-hybridized carbons (Fsp3) is 0.688. The number of amides is 2. The molecule has 0 radical (unpaired) electrons. The fourth-order valence-corrected chi connectivity index (χ4v) is 2.85. The molecule has 1 unspecified atom stereocenters. The molecular formula is C16H25N3O5. The summed E-state index contributed by atoms with van der Waals surface area (Å²) in [5, 5.41) is 6.53. The van der Waals surface area contributed by atoms with E-state index in [0.717, 1.165) is 0 Å². The van der Waals surface area contributed by atoms with Gasteiger partial charge in [0.1, 0.15) is 16.9 Å². The highest BCUT2D eigenvalue weighted by molar-refractivity contribution is 5.96. The van der Waals surface area contributed by atoms with Gasteiger partial charge in [0.2, 0.25) is 5.91 Å². The average molecular weight is 339 g/mol. The first-order chi connectivity index (χ1) is 11.5. The highest BCUT2D eigenvalue weighted by Crippen LogP contribution is 2.24. The first-order valence-electron chi connectivity index (χ1n) is 8.04. The van der Waals surface area contributed by atoms with Gasteiger partial charge in [0, 0.05) is 20.7 Å². The monoisotopic (exact) mass is 339 g/mol. The van der Waals surface area contributed by atoms with Gasteiger partial charge in [-0.2, -0.15) is 0 Å². The molecule has 2 amide bonds. The van der Waals surface area contributed by atoms with Crippen molar-refractivity contribution in [1.82, 2.24) is 15.4 Å². The van der Waals surface area contributed by atoms with Gasteiger partial charge < -0.3 is 24.2 Å². The number of aryl methyl sites for hydroxylation is 2. The highest BCUT2D eigenvalue weighted by Gasteiger charge is 2.39. The molecule has 0 aromatic carbocycles. The molecule has 1 aliphatic rings. The van der Waals surface area contributed by atoms with Crippen LogP contribution in [0.5, 0.6) is 0 Å². The second-order valence-electron chi connectivity index (χ2n) is 5.93. The smallest absolute Gasteiger partial charge is 0.259 e. The van der Waals surface area contributed by atoms with Gasteiger partial charge >= 0.3 is 0 Å². The molecule has 1 aliphatic heterocycles. The Morgan fingerprint density at radius 3 is 2.83 bits per heavy atom. The Labute approximate surface area is 141 Å². The van der Waals surface area contributed by atoms with E-state index in [9.17, 15) is 9.59 Å². The van der Waals surface area contributed by atoms with E-state index in [1.807, 2.05) is 6.92 Å². The summed E-state index contributed by atoms with van der Waals surface area (Å²) in [7, 11) is 3.10. The van der Waals surface area contributed by atoms with E-state index in [0.29, 0.717) is 36.6 Å². The predicted molar refractivity (Wildman–Crippen MR) is 85.8 cm³/mol. The standard InChI is InChI=1S/C16H25N3O5/c1-5-12-14(11(2)24-18-12)15(21)19-6-7-23-10-16(9-19,22-4)8-13(20)17-3/h5-10H2,1-4H3,(H,17,20). The number of rotatable bonds is 5. The summed E-state index contributed by atoms with van der Waals surface area (Å²) in [6, 6.07) is 0. The third-order valence-electron chi connectivity index (χ3n) is 4.31. The van der Waals surface area contributed by atoms with Crippen LogP contribution in [0.4, 0.5) is 0 Å². The van der Waals surface area contributed by atoms with Crippen molar-refractivity contribution in [2.45, 2.75) is 32.3 Å². The lowest BCUT2D eigenvalue weighted by molar-refractivity contribution is -0.131. The zero-order valence-electron chi connectivity index (χ0n) is 14.7. The molecule has 0 aliphatic carbocycles. The maximum Gasteiger partial charge on any atom is 0.259 e. The minimum atomic E-state index is -0.871. The molecule has 2 heterocycles. The minimum absolute atomic E-state index is 0.118. The maximum atomic E-state index is 13.0. The lowest BCUT2D eigenvalue weighted by Crippen LogP contribution is -2.50. The molecule has 134 valence electrons. The SMILES string of the molecule is CCc1noc(C)c1C(=O)N1CCOCC(CC(=O)NC)(OC)C1. The number of hydrogen-bond donors (Lipinski definition) is 1. The minimum Gasteiger partial charge on any atom is -0.377 e. The number of carbonyl (C=O) groups is 2. The lowest BCUT2D eigenvalue weighted by atomic mass is 9.98. The topological polar surface area (TPSA) is 93.9 Å². The van der Waals surface area contributed by atoms with Crippen molar-refractivity contribution in [3.05, 3.63) is 17.0 Å². The van der Waals surface area contributed by atoms with Crippen LogP contribution in [-0.2, 0) is 20.7 Å².